The van der Waals surface area contributed by atoms with Crippen LogP contribution in [0.15, 0.2) is 0 Å². The predicted octanol–water partition coefficient (Wildman–Crippen LogP) is 1.37. The van der Waals surface area contributed by atoms with Crippen LogP contribution in [0.5, 0.6) is 0 Å². The Balaban J connectivity index is 1.63. The highest BCUT2D eigenvalue weighted by atomic mass is 32.2. The number of fused-ring (bicyclic) bond motifs is 1. The molecule has 1 aromatic heterocycles. The molecule has 19 heavy (non-hydrogen) atoms. The molecule has 1 atom stereocenters. The summed E-state index contributed by atoms with van der Waals surface area (Å²) in [4.78, 5) is 5.63. The topological polar surface area (TPSA) is 71.1 Å². The molecule has 0 saturated carbocycles. The van der Waals surface area contributed by atoms with E-state index in [2.05, 4.69) is 15.0 Å². The van der Waals surface area contributed by atoms with Crippen LogP contribution >= 0.6 is 11.3 Å². The van der Waals surface area contributed by atoms with E-state index in [0.717, 1.165) is 50.9 Å². The van der Waals surface area contributed by atoms with Gasteiger partial charge in [0, 0.05) is 4.88 Å². The predicted molar refractivity (Wildman–Crippen MR) is 77.1 cm³/mol. The average molecular weight is 301 g/mol. The summed E-state index contributed by atoms with van der Waals surface area (Å²) in [5.41, 5.74) is 1.09. The zero-order valence-electron chi connectivity index (χ0n) is 10.8. The molecule has 5 nitrogen and oxygen atoms in total. The molecule has 0 spiro atoms. The molecular weight excluding hydrogens is 282 g/mol. The van der Waals surface area contributed by atoms with E-state index in [4.69, 9.17) is 0 Å². The van der Waals surface area contributed by atoms with Gasteiger partial charge in [0.15, 0.2) is 5.13 Å². The van der Waals surface area contributed by atoms with Crippen LogP contribution in [0.25, 0.3) is 0 Å². The Morgan fingerprint density at radius 2 is 2.26 bits per heavy atom. The van der Waals surface area contributed by atoms with Crippen LogP contribution in [0, 0.1) is 5.92 Å². The summed E-state index contributed by atoms with van der Waals surface area (Å²) in [5.74, 6) is 0.419. The molecule has 1 aliphatic carbocycles. The molecule has 0 radical (unpaired) electrons. The number of nitrogens with one attached hydrogen (secondary N) is 2. The number of aryl methyl sites for hydroxylation is 2. The standard InChI is InChI=1S/C12H19N3O2S2/c16-19(17,8-9-3-2-6-13-7-9)15-12-14-10-4-1-5-11(10)18-12/h9,13H,1-8H2,(H,14,15). The van der Waals surface area contributed by atoms with Gasteiger partial charge in [0.1, 0.15) is 0 Å². The first kappa shape index (κ1) is 13.3. The maximum atomic E-state index is 12.1. The van der Waals surface area contributed by atoms with Crippen molar-refractivity contribution in [1.29, 1.82) is 0 Å². The molecule has 0 bridgehead atoms. The minimum Gasteiger partial charge on any atom is -0.316 e. The molecule has 106 valence electrons. The number of rotatable bonds is 4. The highest BCUT2D eigenvalue weighted by molar-refractivity contribution is 7.92. The fourth-order valence-electron chi connectivity index (χ4n) is 2.79. The van der Waals surface area contributed by atoms with Gasteiger partial charge in [0.25, 0.3) is 0 Å². The smallest absolute Gasteiger partial charge is 0.234 e. The summed E-state index contributed by atoms with van der Waals surface area (Å²) in [7, 11) is -3.26. The van der Waals surface area contributed by atoms with Crippen molar-refractivity contribution in [3.8, 4) is 0 Å². The van der Waals surface area contributed by atoms with Gasteiger partial charge in [-0.2, -0.15) is 0 Å². The zero-order valence-corrected chi connectivity index (χ0v) is 12.4. The molecule has 2 heterocycles. The van der Waals surface area contributed by atoms with E-state index in [1.54, 1.807) is 0 Å². The normalized spacial score (nSPS) is 23.3. The lowest BCUT2D eigenvalue weighted by Gasteiger charge is -2.22. The molecule has 2 aliphatic rings. The third-order valence-corrected chi connectivity index (χ3v) is 6.31. The number of thiazole rings is 1. The third kappa shape index (κ3) is 3.27. The van der Waals surface area contributed by atoms with Gasteiger partial charge in [-0.1, -0.05) is 0 Å². The minimum atomic E-state index is -3.26. The Kier molecular flexibility index (Phi) is 3.77. The second-order valence-electron chi connectivity index (χ2n) is 5.34. The number of nitrogens with zero attached hydrogens (tertiary/aromatic N) is 1. The van der Waals surface area contributed by atoms with Gasteiger partial charge in [0.05, 0.1) is 11.4 Å². The lowest BCUT2D eigenvalue weighted by molar-refractivity contribution is 0.404. The fourth-order valence-corrected chi connectivity index (χ4v) is 5.53. The second kappa shape index (κ2) is 5.38. The second-order valence-corrected chi connectivity index (χ2v) is 8.19. The number of hydrogen-bond acceptors (Lipinski definition) is 5. The van der Waals surface area contributed by atoms with Gasteiger partial charge < -0.3 is 5.32 Å². The first-order chi connectivity index (χ1) is 9.12. The molecule has 0 aromatic carbocycles. The van der Waals surface area contributed by atoms with Crippen molar-refractivity contribution in [2.24, 2.45) is 5.92 Å². The Hall–Kier alpha value is -0.660. The quantitative estimate of drug-likeness (QED) is 0.881. The van der Waals surface area contributed by atoms with E-state index in [1.165, 1.54) is 16.2 Å². The molecule has 1 aromatic rings. The van der Waals surface area contributed by atoms with Crippen LogP contribution in [-0.2, 0) is 22.9 Å². The Morgan fingerprint density at radius 3 is 3.00 bits per heavy atom. The first-order valence-electron chi connectivity index (χ1n) is 6.82. The minimum absolute atomic E-state index is 0.199. The van der Waals surface area contributed by atoms with Gasteiger partial charge >= 0.3 is 0 Å². The van der Waals surface area contributed by atoms with Gasteiger partial charge in [0.2, 0.25) is 10.0 Å². The highest BCUT2D eigenvalue weighted by Gasteiger charge is 2.23. The van der Waals surface area contributed by atoms with Crippen LogP contribution in [-0.4, -0.2) is 32.2 Å². The zero-order chi connectivity index (χ0) is 13.3. The third-order valence-electron chi connectivity index (χ3n) is 3.69. The van der Waals surface area contributed by atoms with Gasteiger partial charge in [-0.05, 0) is 51.1 Å². The Bertz CT molecular complexity index is 526. The molecule has 2 N–H and O–H groups in total. The van der Waals surface area contributed by atoms with Crippen molar-refractivity contribution in [1.82, 2.24) is 10.3 Å². The monoisotopic (exact) mass is 301 g/mol. The van der Waals surface area contributed by atoms with Crippen LogP contribution in [0.3, 0.4) is 0 Å². The fraction of sp³-hybridized carbons (Fsp3) is 0.750. The van der Waals surface area contributed by atoms with Crippen LogP contribution in [0.1, 0.15) is 29.8 Å². The molecule has 0 amide bonds. The van der Waals surface area contributed by atoms with Gasteiger partial charge in [-0.3, -0.25) is 4.72 Å². The first-order valence-corrected chi connectivity index (χ1v) is 9.29. The van der Waals surface area contributed by atoms with Gasteiger partial charge in [-0.15, -0.1) is 11.3 Å². The van der Waals surface area contributed by atoms with Gasteiger partial charge in [-0.25, -0.2) is 13.4 Å². The SMILES string of the molecule is O=S(=O)(CC1CCCNC1)Nc1nc2c(s1)CCC2. The highest BCUT2D eigenvalue weighted by Crippen LogP contribution is 2.31. The molecule has 3 rings (SSSR count). The summed E-state index contributed by atoms with van der Waals surface area (Å²) < 4.78 is 26.9. The number of anilines is 1. The van der Waals surface area contributed by atoms with Crippen molar-refractivity contribution in [2.75, 3.05) is 23.6 Å². The van der Waals surface area contributed by atoms with E-state index in [9.17, 15) is 8.42 Å². The summed E-state index contributed by atoms with van der Waals surface area (Å²) >= 11 is 1.49. The number of aromatic nitrogens is 1. The number of hydrogen-bond donors (Lipinski definition) is 2. The molecule has 1 unspecified atom stereocenters. The molecular formula is C12H19N3O2S2. The largest absolute Gasteiger partial charge is 0.316 e. The van der Waals surface area contributed by atoms with E-state index in [0.29, 0.717) is 5.13 Å². The summed E-state index contributed by atoms with van der Waals surface area (Å²) in [6, 6.07) is 0. The van der Waals surface area contributed by atoms with Crippen LogP contribution in [0.4, 0.5) is 5.13 Å². The Labute approximate surface area is 117 Å². The number of sulfonamides is 1. The van der Waals surface area contributed by atoms with Crippen molar-refractivity contribution in [2.45, 2.75) is 32.1 Å². The molecule has 1 saturated heterocycles. The van der Waals surface area contributed by atoms with Crippen molar-refractivity contribution in [3.63, 3.8) is 0 Å². The maximum Gasteiger partial charge on any atom is 0.234 e. The molecule has 7 heteroatoms. The summed E-state index contributed by atoms with van der Waals surface area (Å²) in [6.07, 6.45) is 5.23. The Morgan fingerprint density at radius 1 is 1.37 bits per heavy atom. The van der Waals surface area contributed by atoms with E-state index in [1.807, 2.05) is 0 Å². The summed E-state index contributed by atoms with van der Waals surface area (Å²) in [5, 5.41) is 3.80. The van der Waals surface area contributed by atoms with E-state index in [-0.39, 0.29) is 11.7 Å². The maximum absolute atomic E-state index is 12.1. The molecule has 1 fully saturated rings. The van der Waals surface area contributed by atoms with Crippen molar-refractivity contribution < 1.29 is 8.42 Å². The van der Waals surface area contributed by atoms with Crippen molar-refractivity contribution >= 4 is 26.5 Å². The van der Waals surface area contributed by atoms with Crippen molar-refractivity contribution in [3.05, 3.63) is 10.6 Å². The van der Waals surface area contributed by atoms with Crippen LogP contribution < -0.4 is 10.0 Å². The average Bonchev–Trinajstić information content (AvgIpc) is 2.89. The summed E-state index contributed by atoms with van der Waals surface area (Å²) in [6.45, 7) is 1.80. The lowest BCUT2D eigenvalue weighted by Crippen LogP contribution is -2.35. The van der Waals surface area contributed by atoms with Crippen LogP contribution in [0.2, 0.25) is 0 Å². The molecule has 1 aliphatic heterocycles. The van der Waals surface area contributed by atoms with E-state index >= 15 is 0 Å². The van der Waals surface area contributed by atoms with E-state index < -0.39 is 10.0 Å². The lowest BCUT2D eigenvalue weighted by atomic mass is 10.0. The number of piperidine rings is 1.